The normalized spacial score (nSPS) is 11.0. The van der Waals surface area contributed by atoms with Gasteiger partial charge in [0.2, 0.25) is 0 Å². The number of benzene rings is 1. The van der Waals surface area contributed by atoms with Gasteiger partial charge in [-0.3, -0.25) is 0 Å². The average Bonchev–Trinajstić information content (AvgIpc) is 2.48. The second-order valence-corrected chi connectivity index (χ2v) is 5.32. The summed E-state index contributed by atoms with van der Waals surface area (Å²) in [5, 5.41) is 3.41. The van der Waals surface area contributed by atoms with Crippen molar-refractivity contribution in [1.29, 1.82) is 0 Å². The minimum absolute atomic E-state index is 0.718. The summed E-state index contributed by atoms with van der Waals surface area (Å²) in [6.45, 7) is 7.64. The van der Waals surface area contributed by atoms with Gasteiger partial charge in [0.25, 0.3) is 0 Å². The maximum Gasteiger partial charge on any atom is 0.119 e. The zero-order chi connectivity index (χ0) is 15.3. The van der Waals surface area contributed by atoms with E-state index < -0.39 is 0 Å². The fourth-order valence-electron chi connectivity index (χ4n) is 2.06. The Morgan fingerprint density at radius 2 is 2.05 bits per heavy atom. The second kappa shape index (κ2) is 11.5. The molecule has 0 aliphatic heterocycles. The Labute approximate surface area is 129 Å². The molecule has 1 rings (SSSR count). The Morgan fingerprint density at radius 1 is 1.19 bits per heavy atom. The second-order valence-electron chi connectivity index (χ2n) is 5.32. The molecule has 0 aromatic heterocycles. The van der Waals surface area contributed by atoms with E-state index in [1.54, 1.807) is 7.11 Å². The molecule has 1 aromatic carbocycles. The van der Waals surface area contributed by atoms with Crippen molar-refractivity contribution in [3.8, 4) is 5.75 Å². The van der Waals surface area contributed by atoms with Crippen molar-refractivity contribution in [2.24, 2.45) is 0 Å². The third kappa shape index (κ3) is 8.71. The number of nitrogens with zero attached hydrogens (tertiary/aromatic N) is 1. The lowest BCUT2D eigenvalue weighted by Crippen LogP contribution is -2.26. The Hall–Kier alpha value is -1.10. The first-order chi connectivity index (χ1) is 10.3. The summed E-state index contributed by atoms with van der Waals surface area (Å²) in [4.78, 5) is 2.27. The van der Waals surface area contributed by atoms with Crippen molar-refractivity contribution < 1.29 is 9.47 Å². The predicted octanol–water partition coefficient (Wildman–Crippen LogP) is 2.53. The molecule has 0 unspecified atom stereocenters. The molecule has 0 amide bonds. The highest BCUT2D eigenvalue weighted by Crippen LogP contribution is 2.13. The van der Waals surface area contributed by atoms with E-state index in [4.69, 9.17) is 9.47 Å². The third-order valence-corrected chi connectivity index (χ3v) is 3.28. The maximum atomic E-state index is 5.83. The standard InChI is InChI=1S/C17H30N2O2/c1-4-9-18-15-16-7-5-8-17(14-16)21-13-11-19(2)10-6-12-20-3/h5,7-8,14,18H,4,6,9-13,15H2,1-3H3. The lowest BCUT2D eigenvalue weighted by Gasteiger charge is -2.16. The van der Waals surface area contributed by atoms with Crippen LogP contribution >= 0.6 is 0 Å². The van der Waals surface area contributed by atoms with Crippen LogP contribution in [0.1, 0.15) is 25.3 Å². The molecule has 21 heavy (non-hydrogen) atoms. The van der Waals surface area contributed by atoms with Gasteiger partial charge in [-0.15, -0.1) is 0 Å². The molecular formula is C17H30N2O2. The molecule has 0 aliphatic carbocycles. The Balaban J connectivity index is 2.23. The molecule has 4 nitrogen and oxygen atoms in total. The van der Waals surface area contributed by atoms with Gasteiger partial charge in [0, 0.05) is 33.4 Å². The zero-order valence-corrected chi connectivity index (χ0v) is 13.7. The van der Waals surface area contributed by atoms with Gasteiger partial charge in [-0.1, -0.05) is 19.1 Å². The highest BCUT2D eigenvalue weighted by molar-refractivity contribution is 5.28. The van der Waals surface area contributed by atoms with Crippen molar-refractivity contribution in [2.45, 2.75) is 26.3 Å². The number of likely N-dealkylation sites (N-methyl/N-ethyl adjacent to an activating group) is 1. The SMILES string of the molecule is CCCNCc1cccc(OCCN(C)CCCOC)c1. The van der Waals surface area contributed by atoms with Crippen molar-refractivity contribution in [3.05, 3.63) is 29.8 Å². The van der Waals surface area contributed by atoms with Gasteiger partial charge in [-0.2, -0.15) is 0 Å². The van der Waals surface area contributed by atoms with Crippen LogP contribution in [0.5, 0.6) is 5.75 Å². The zero-order valence-electron chi connectivity index (χ0n) is 13.7. The average molecular weight is 294 g/mol. The van der Waals surface area contributed by atoms with Crippen LogP contribution in [0.3, 0.4) is 0 Å². The summed E-state index contributed by atoms with van der Waals surface area (Å²) in [6.07, 6.45) is 2.22. The molecule has 0 fully saturated rings. The summed E-state index contributed by atoms with van der Waals surface area (Å²) in [7, 11) is 3.86. The number of methoxy groups -OCH3 is 1. The highest BCUT2D eigenvalue weighted by Gasteiger charge is 2.00. The lowest BCUT2D eigenvalue weighted by atomic mass is 10.2. The van der Waals surface area contributed by atoms with Crippen molar-refractivity contribution in [3.63, 3.8) is 0 Å². The quantitative estimate of drug-likeness (QED) is 0.601. The van der Waals surface area contributed by atoms with E-state index in [1.165, 1.54) is 5.56 Å². The van der Waals surface area contributed by atoms with E-state index in [-0.39, 0.29) is 0 Å². The van der Waals surface area contributed by atoms with Gasteiger partial charge >= 0.3 is 0 Å². The molecule has 1 aromatic rings. The maximum absolute atomic E-state index is 5.83. The molecular weight excluding hydrogens is 264 g/mol. The molecule has 0 atom stereocenters. The third-order valence-electron chi connectivity index (χ3n) is 3.28. The van der Waals surface area contributed by atoms with Crippen LogP contribution in [0.15, 0.2) is 24.3 Å². The van der Waals surface area contributed by atoms with Crippen LogP contribution in [0.4, 0.5) is 0 Å². The molecule has 0 spiro atoms. The van der Waals surface area contributed by atoms with Crippen LogP contribution in [-0.2, 0) is 11.3 Å². The van der Waals surface area contributed by atoms with Crippen LogP contribution < -0.4 is 10.1 Å². The van der Waals surface area contributed by atoms with Crippen LogP contribution in [-0.4, -0.2) is 51.9 Å². The molecule has 0 aliphatic rings. The summed E-state index contributed by atoms with van der Waals surface area (Å²) in [6, 6.07) is 8.33. The Morgan fingerprint density at radius 3 is 2.81 bits per heavy atom. The molecule has 120 valence electrons. The molecule has 0 radical (unpaired) electrons. The van der Waals surface area contributed by atoms with E-state index in [0.29, 0.717) is 0 Å². The smallest absolute Gasteiger partial charge is 0.119 e. The Bertz CT molecular complexity index is 372. The summed E-state index contributed by atoms with van der Waals surface area (Å²) < 4.78 is 10.9. The number of hydrogen-bond acceptors (Lipinski definition) is 4. The van der Waals surface area contributed by atoms with Crippen molar-refractivity contribution >= 4 is 0 Å². The van der Waals surface area contributed by atoms with Gasteiger partial charge in [0.15, 0.2) is 0 Å². The monoisotopic (exact) mass is 294 g/mol. The summed E-state index contributed by atoms with van der Waals surface area (Å²) in [5.74, 6) is 0.955. The number of ether oxygens (including phenoxy) is 2. The van der Waals surface area contributed by atoms with E-state index in [9.17, 15) is 0 Å². The van der Waals surface area contributed by atoms with Gasteiger partial charge < -0.3 is 19.7 Å². The topological polar surface area (TPSA) is 33.7 Å². The van der Waals surface area contributed by atoms with E-state index in [0.717, 1.165) is 58.0 Å². The van der Waals surface area contributed by atoms with Gasteiger partial charge in [-0.25, -0.2) is 0 Å². The van der Waals surface area contributed by atoms with Gasteiger partial charge in [0.05, 0.1) is 0 Å². The van der Waals surface area contributed by atoms with E-state index in [1.807, 2.05) is 6.07 Å². The molecule has 1 N–H and O–H groups in total. The summed E-state index contributed by atoms with van der Waals surface area (Å²) in [5.41, 5.74) is 1.27. The number of rotatable bonds is 12. The van der Waals surface area contributed by atoms with Crippen LogP contribution in [0.25, 0.3) is 0 Å². The van der Waals surface area contributed by atoms with Crippen LogP contribution in [0, 0.1) is 0 Å². The fraction of sp³-hybridized carbons (Fsp3) is 0.647. The number of hydrogen-bond donors (Lipinski definition) is 1. The first kappa shape index (κ1) is 18.0. The van der Waals surface area contributed by atoms with Crippen molar-refractivity contribution in [2.75, 3.05) is 47.0 Å². The van der Waals surface area contributed by atoms with Gasteiger partial charge in [-0.05, 0) is 44.1 Å². The predicted molar refractivity (Wildman–Crippen MR) is 87.9 cm³/mol. The van der Waals surface area contributed by atoms with Crippen molar-refractivity contribution in [1.82, 2.24) is 10.2 Å². The lowest BCUT2D eigenvalue weighted by molar-refractivity contribution is 0.172. The minimum atomic E-state index is 0.718. The van der Waals surface area contributed by atoms with E-state index >= 15 is 0 Å². The number of nitrogens with one attached hydrogen (secondary N) is 1. The minimum Gasteiger partial charge on any atom is -0.492 e. The highest BCUT2D eigenvalue weighted by atomic mass is 16.5. The largest absolute Gasteiger partial charge is 0.492 e. The molecule has 0 heterocycles. The van der Waals surface area contributed by atoms with E-state index in [2.05, 4.69) is 42.4 Å². The first-order valence-corrected chi connectivity index (χ1v) is 7.86. The van der Waals surface area contributed by atoms with Crippen LogP contribution in [0.2, 0.25) is 0 Å². The van der Waals surface area contributed by atoms with Gasteiger partial charge in [0.1, 0.15) is 12.4 Å². The molecule has 0 saturated heterocycles. The molecule has 0 saturated carbocycles. The Kier molecular flexibility index (Phi) is 9.87. The summed E-state index contributed by atoms with van der Waals surface area (Å²) >= 11 is 0. The molecule has 0 bridgehead atoms. The fourth-order valence-corrected chi connectivity index (χ4v) is 2.06. The first-order valence-electron chi connectivity index (χ1n) is 7.86. The molecule has 4 heteroatoms.